The Morgan fingerprint density at radius 2 is 1.75 bits per heavy atom. The van der Waals surface area contributed by atoms with Gasteiger partial charge in [0.2, 0.25) is 11.5 Å². The van der Waals surface area contributed by atoms with Crippen LogP contribution in [0.15, 0.2) is 60.8 Å². The smallest absolute Gasteiger partial charge is 0.327 e. The summed E-state index contributed by atoms with van der Waals surface area (Å²) in [5.41, 5.74) is -1.20. The molecule has 0 amide bonds. The molecule has 0 aliphatic carbocycles. The summed E-state index contributed by atoms with van der Waals surface area (Å²) in [4.78, 5) is 23.9. The average molecular weight is 436 g/mol. The standard InChI is InChI=1S/C21H13FN4O6/c22-13-7-6-12(8-16(13)27)14-10-25(24-23-14)15-9-17(28)21(30)19(26(31)32)18(15)20(29)11-4-2-1-3-5-11/h1-10,27-28,30H. The van der Waals surface area contributed by atoms with E-state index in [1.165, 1.54) is 24.4 Å². The van der Waals surface area contributed by atoms with Gasteiger partial charge in [-0.2, -0.15) is 0 Å². The summed E-state index contributed by atoms with van der Waals surface area (Å²) in [6, 6.07) is 12.1. The third-order valence-electron chi connectivity index (χ3n) is 4.66. The van der Waals surface area contributed by atoms with Crippen molar-refractivity contribution in [3.63, 3.8) is 0 Å². The van der Waals surface area contributed by atoms with Crippen LogP contribution in [0.4, 0.5) is 10.1 Å². The van der Waals surface area contributed by atoms with Crippen LogP contribution < -0.4 is 0 Å². The molecule has 0 saturated heterocycles. The first kappa shape index (κ1) is 20.5. The number of ketones is 1. The number of aromatic hydroxyl groups is 3. The zero-order valence-corrected chi connectivity index (χ0v) is 16.0. The Morgan fingerprint density at radius 1 is 1.03 bits per heavy atom. The van der Waals surface area contributed by atoms with Crippen molar-refractivity contribution in [3.05, 3.63) is 87.9 Å². The van der Waals surface area contributed by atoms with Gasteiger partial charge in [0.05, 0.1) is 16.8 Å². The minimum absolute atomic E-state index is 0.103. The van der Waals surface area contributed by atoms with E-state index in [-0.39, 0.29) is 22.5 Å². The highest BCUT2D eigenvalue weighted by atomic mass is 19.1. The molecule has 0 bridgehead atoms. The second-order valence-electron chi connectivity index (χ2n) is 6.65. The Kier molecular flexibility index (Phi) is 4.99. The van der Waals surface area contributed by atoms with E-state index in [9.17, 15) is 34.6 Å². The van der Waals surface area contributed by atoms with Crippen molar-refractivity contribution in [2.75, 3.05) is 0 Å². The molecule has 0 atom stereocenters. The van der Waals surface area contributed by atoms with E-state index in [2.05, 4.69) is 10.3 Å². The molecule has 10 nitrogen and oxygen atoms in total. The molecule has 32 heavy (non-hydrogen) atoms. The van der Waals surface area contributed by atoms with Crippen LogP contribution in [-0.4, -0.2) is 41.0 Å². The highest BCUT2D eigenvalue weighted by Crippen LogP contribution is 2.42. The van der Waals surface area contributed by atoms with E-state index in [0.717, 1.165) is 22.9 Å². The predicted octanol–water partition coefficient (Wildman–Crippen LogP) is 3.33. The highest BCUT2D eigenvalue weighted by molar-refractivity contribution is 6.14. The number of nitro groups is 1. The van der Waals surface area contributed by atoms with Crippen molar-refractivity contribution in [3.8, 4) is 34.2 Å². The van der Waals surface area contributed by atoms with E-state index >= 15 is 0 Å². The summed E-state index contributed by atoms with van der Waals surface area (Å²) in [5, 5.41) is 49.2. The molecule has 0 fully saturated rings. The highest BCUT2D eigenvalue weighted by Gasteiger charge is 2.33. The number of nitro benzene ring substituents is 1. The molecule has 0 spiro atoms. The number of phenolic OH excluding ortho intramolecular Hbond substituents is 3. The van der Waals surface area contributed by atoms with Crippen molar-refractivity contribution in [2.24, 2.45) is 0 Å². The maximum Gasteiger partial charge on any atom is 0.327 e. The van der Waals surface area contributed by atoms with Crippen LogP contribution in [0.5, 0.6) is 17.2 Å². The van der Waals surface area contributed by atoms with Crippen molar-refractivity contribution in [1.29, 1.82) is 0 Å². The Morgan fingerprint density at radius 3 is 2.41 bits per heavy atom. The lowest BCUT2D eigenvalue weighted by Gasteiger charge is -2.11. The van der Waals surface area contributed by atoms with E-state index in [4.69, 9.17) is 0 Å². The summed E-state index contributed by atoms with van der Waals surface area (Å²) in [6.45, 7) is 0. The third kappa shape index (κ3) is 3.47. The first-order valence-electron chi connectivity index (χ1n) is 9.02. The molecule has 0 saturated carbocycles. The number of hydrogen-bond donors (Lipinski definition) is 3. The summed E-state index contributed by atoms with van der Waals surface area (Å²) < 4.78 is 14.3. The molecule has 3 aromatic carbocycles. The second kappa shape index (κ2) is 7.80. The average Bonchev–Trinajstić information content (AvgIpc) is 3.27. The molecule has 0 radical (unpaired) electrons. The van der Waals surface area contributed by atoms with E-state index < -0.39 is 45.0 Å². The zero-order chi connectivity index (χ0) is 23.0. The second-order valence-corrected chi connectivity index (χ2v) is 6.65. The normalized spacial score (nSPS) is 10.8. The number of phenols is 3. The van der Waals surface area contributed by atoms with Gasteiger partial charge in [-0.25, -0.2) is 9.07 Å². The van der Waals surface area contributed by atoms with Gasteiger partial charge in [0, 0.05) is 17.2 Å². The largest absolute Gasteiger partial charge is 0.505 e. The molecule has 1 heterocycles. The number of rotatable bonds is 5. The first-order valence-corrected chi connectivity index (χ1v) is 9.02. The van der Waals surface area contributed by atoms with Crippen LogP contribution in [0.1, 0.15) is 15.9 Å². The fraction of sp³-hybridized carbons (Fsp3) is 0. The van der Waals surface area contributed by atoms with Crippen molar-refractivity contribution in [1.82, 2.24) is 15.0 Å². The van der Waals surface area contributed by atoms with E-state index in [1.54, 1.807) is 18.2 Å². The maximum atomic E-state index is 13.3. The van der Waals surface area contributed by atoms with Crippen LogP contribution in [0.3, 0.4) is 0 Å². The number of aromatic nitrogens is 3. The number of carbonyl (C=O) groups excluding carboxylic acids is 1. The van der Waals surface area contributed by atoms with Gasteiger partial charge in [-0.3, -0.25) is 14.9 Å². The summed E-state index contributed by atoms with van der Waals surface area (Å²) in [6.07, 6.45) is 1.27. The first-order chi connectivity index (χ1) is 15.3. The molecule has 1 aromatic heterocycles. The molecule has 3 N–H and O–H groups in total. The lowest BCUT2D eigenvalue weighted by Crippen LogP contribution is -2.12. The molecule has 0 unspecified atom stereocenters. The minimum Gasteiger partial charge on any atom is -0.505 e. The summed E-state index contributed by atoms with van der Waals surface area (Å²) in [7, 11) is 0. The van der Waals surface area contributed by atoms with E-state index in [1.807, 2.05) is 0 Å². The SMILES string of the molecule is O=C(c1ccccc1)c1c(-n2cc(-c3ccc(F)c(O)c3)nn2)cc(O)c(O)c1[N+](=O)[O-]. The Hall–Kier alpha value is -4.80. The van der Waals surface area contributed by atoms with Gasteiger partial charge >= 0.3 is 5.69 Å². The van der Waals surface area contributed by atoms with Crippen LogP contribution in [0.2, 0.25) is 0 Å². The fourth-order valence-electron chi connectivity index (χ4n) is 3.13. The zero-order valence-electron chi connectivity index (χ0n) is 16.0. The van der Waals surface area contributed by atoms with Gasteiger partial charge in [-0.1, -0.05) is 35.5 Å². The lowest BCUT2D eigenvalue weighted by molar-refractivity contribution is -0.386. The molecule has 160 valence electrons. The molecule has 4 rings (SSSR count). The number of halogens is 1. The fourth-order valence-corrected chi connectivity index (χ4v) is 3.13. The van der Waals surface area contributed by atoms with Crippen molar-refractivity contribution < 1.29 is 29.4 Å². The molecular weight excluding hydrogens is 423 g/mol. The molecular formula is C21H13FN4O6. The number of carbonyl (C=O) groups is 1. The van der Waals surface area contributed by atoms with Gasteiger partial charge in [0.15, 0.2) is 17.3 Å². The van der Waals surface area contributed by atoms with Crippen molar-refractivity contribution >= 4 is 11.5 Å². The Labute approximate surface area is 178 Å². The molecule has 11 heteroatoms. The molecule has 0 aliphatic rings. The van der Waals surface area contributed by atoms with Gasteiger partial charge in [-0.15, -0.1) is 5.10 Å². The number of benzene rings is 3. The Balaban J connectivity index is 1.93. The number of nitrogens with zero attached hydrogens (tertiary/aromatic N) is 4. The Bertz CT molecular complexity index is 1370. The van der Waals surface area contributed by atoms with Gasteiger partial charge in [-0.05, 0) is 18.2 Å². The van der Waals surface area contributed by atoms with Crippen molar-refractivity contribution in [2.45, 2.75) is 0 Å². The molecule has 4 aromatic rings. The van der Waals surface area contributed by atoms with Gasteiger partial charge in [0.25, 0.3) is 0 Å². The lowest BCUT2D eigenvalue weighted by atomic mass is 9.98. The topological polar surface area (TPSA) is 152 Å². The third-order valence-corrected chi connectivity index (χ3v) is 4.66. The predicted molar refractivity (Wildman–Crippen MR) is 108 cm³/mol. The summed E-state index contributed by atoms with van der Waals surface area (Å²) >= 11 is 0. The van der Waals surface area contributed by atoms with Gasteiger partial charge < -0.3 is 15.3 Å². The van der Waals surface area contributed by atoms with Crippen LogP contribution in [-0.2, 0) is 0 Å². The number of hydrogen-bond acceptors (Lipinski definition) is 8. The minimum atomic E-state index is -1.07. The summed E-state index contributed by atoms with van der Waals surface area (Å²) in [5.74, 6) is -4.15. The van der Waals surface area contributed by atoms with Gasteiger partial charge in [0.1, 0.15) is 11.3 Å². The quantitative estimate of drug-likeness (QED) is 0.186. The van der Waals surface area contributed by atoms with Crippen LogP contribution >= 0.6 is 0 Å². The molecule has 0 aliphatic heterocycles. The van der Waals surface area contributed by atoms with Crippen LogP contribution in [0.25, 0.3) is 16.9 Å². The monoisotopic (exact) mass is 436 g/mol. The maximum absolute atomic E-state index is 13.3. The van der Waals surface area contributed by atoms with Crippen LogP contribution in [0, 0.1) is 15.9 Å². The van der Waals surface area contributed by atoms with E-state index in [0.29, 0.717) is 0 Å².